The number of furan rings is 1. The van der Waals surface area contributed by atoms with E-state index in [1.165, 1.54) is 133 Å². The highest BCUT2D eigenvalue weighted by Crippen LogP contribution is 2.55. The minimum Gasteiger partial charge on any atom is -0.468 e. The third kappa shape index (κ3) is 6.25. The Balaban J connectivity index is 1.27. The van der Waals surface area contributed by atoms with Crippen molar-refractivity contribution in [2.45, 2.75) is 181 Å². The molecule has 0 spiro atoms. The summed E-state index contributed by atoms with van der Waals surface area (Å²) in [5.74, 6) is 0. The van der Waals surface area contributed by atoms with Crippen molar-refractivity contribution in [1.29, 1.82) is 0 Å². The number of hydrogen-bond donors (Lipinski definition) is 0. The summed E-state index contributed by atoms with van der Waals surface area (Å²) in [6.07, 6.45) is 7.08. The van der Waals surface area contributed by atoms with Crippen molar-refractivity contribution in [2.75, 3.05) is 9.80 Å². The molecule has 0 unspecified atom stereocenters. The summed E-state index contributed by atoms with van der Waals surface area (Å²) in [5.41, 5.74) is 23.0. The summed E-state index contributed by atoms with van der Waals surface area (Å²) in [6.45, 7) is 39.1. The molecule has 0 bridgehead atoms. The van der Waals surface area contributed by atoms with Gasteiger partial charge in [-0.25, -0.2) is 0 Å². The molecule has 5 heteroatoms. The van der Waals surface area contributed by atoms with Gasteiger partial charge >= 0.3 is 0 Å². The Kier molecular flexibility index (Phi) is 8.86. The van der Waals surface area contributed by atoms with Crippen molar-refractivity contribution in [3.63, 3.8) is 0 Å². The van der Waals surface area contributed by atoms with E-state index in [2.05, 4.69) is 198 Å². The summed E-state index contributed by atoms with van der Waals surface area (Å²) in [7, 11) is -1.55. The number of nitrogens with zero attached hydrogens (tertiary/aromatic N) is 2. The fourth-order valence-corrected chi connectivity index (χ4v) is 14.3. The molecule has 0 N–H and O–H groups in total. The Morgan fingerprint density at radius 3 is 1.49 bits per heavy atom. The first kappa shape index (κ1) is 43.1. The molecular weight excluding hydrogens is 804 g/mol. The maximum Gasteiger partial charge on any atom is 0.297 e. The van der Waals surface area contributed by atoms with Crippen molar-refractivity contribution in [1.82, 2.24) is 0 Å². The Hall–Kier alpha value is -4.48. The van der Waals surface area contributed by atoms with Gasteiger partial charge in [0.2, 0.25) is 0 Å². The number of benzene rings is 5. The molecule has 5 aliphatic rings. The highest BCUT2D eigenvalue weighted by molar-refractivity contribution is 7.00. The smallest absolute Gasteiger partial charge is 0.297 e. The maximum absolute atomic E-state index is 7.63. The zero-order valence-electron chi connectivity index (χ0n) is 42.6. The molecule has 3 heterocycles. The highest BCUT2D eigenvalue weighted by atomic mass is 28.3. The molecule has 65 heavy (non-hydrogen) atoms. The van der Waals surface area contributed by atoms with Crippen molar-refractivity contribution in [3.8, 4) is 0 Å². The van der Waals surface area contributed by atoms with E-state index in [-0.39, 0.29) is 39.2 Å². The van der Waals surface area contributed by atoms with Gasteiger partial charge in [0, 0.05) is 33.8 Å². The van der Waals surface area contributed by atoms with Crippen molar-refractivity contribution in [2.24, 2.45) is 0 Å². The number of rotatable bonds is 3. The minimum atomic E-state index is -1.55. The zero-order chi connectivity index (χ0) is 46.3. The summed E-state index contributed by atoms with van der Waals surface area (Å²) >= 11 is 0. The van der Waals surface area contributed by atoms with E-state index in [1.807, 2.05) is 0 Å². The van der Waals surface area contributed by atoms with Crippen LogP contribution in [0, 0.1) is 6.92 Å². The van der Waals surface area contributed by atoms with Gasteiger partial charge in [-0.15, -0.1) is 0 Å². The molecule has 6 aromatic rings. The predicted octanol–water partition coefficient (Wildman–Crippen LogP) is 14.4. The second kappa shape index (κ2) is 13.4. The van der Waals surface area contributed by atoms with Crippen molar-refractivity contribution >= 4 is 81.7 Å². The van der Waals surface area contributed by atoms with E-state index in [0.29, 0.717) is 0 Å². The van der Waals surface area contributed by atoms with E-state index in [0.717, 1.165) is 11.2 Å². The van der Waals surface area contributed by atoms with Crippen LogP contribution in [0.15, 0.2) is 83.3 Å². The SMILES string of the molecule is Cc1cc2c3c(c1)N(c1ccc([Si](C)(C)C)cc1)c1c(oc4cc5c(cc14)C(C)(C)CCC5(C)C)B3c1cc3c(cc1N2c1ccc2c(c1)C(C)(C)CCC2(C)C)C(C)(C)CCC3(C)C. The maximum atomic E-state index is 7.63. The molecule has 3 aliphatic carbocycles. The highest BCUT2D eigenvalue weighted by Gasteiger charge is 2.50. The molecule has 11 rings (SSSR count). The zero-order valence-corrected chi connectivity index (χ0v) is 43.6. The first-order valence-corrected chi connectivity index (χ1v) is 28.5. The minimum absolute atomic E-state index is 0.0499. The molecular formula is C60H73BN2OSi. The monoisotopic (exact) mass is 877 g/mol. The molecule has 5 aromatic carbocycles. The molecule has 1 aromatic heterocycles. The lowest BCUT2D eigenvalue weighted by molar-refractivity contribution is 0.332. The van der Waals surface area contributed by atoms with Gasteiger partial charge in [-0.3, -0.25) is 0 Å². The van der Waals surface area contributed by atoms with Crippen LogP contribution in [-0.4, -0.2) is 14.8 Å². The van der Waals surface area contributed by atoms with Crippen molar-refractivity contribution in [3.05, 3.63) is 118 Å². The average Bonchev–Trinajstić information content (AvgIpc) is 3.60. The third-order valence-electron chi connectivity index (χ3n) is 17.8. The van der Waals surface area contributed by atoms with Gasteiger partial charge in [0.25, 0.3) is 6.71 Å². The van der Waals surface area contributed by atoms with Crippen LogP contribution in [0.2, 0.25) is 19.6 Å². The summed E-state index contributed by atoms with van der Waals surface area (Å²) in [4.78, 5) is 5.29. The number of hydrogen-bond acceptors (Lipinski definition) is 3. The lowest BCUT2D eigenvalue weighted by Gasteiger charge is -2.47. The number of fused-ring (bicyclic) bond motifs is 9. The van der Waals surface area contributed by atoms with Gasteiger partial charge in [0.05, 0.1) is 19.4 Å². The predicted molar refractivity (Wildman–Crippen MR) is 284 cm³/mol. The van der Waals surface area contributed by atoms with Crippen LogP contribution in [0.25, 0.3) is 11.0 Å². The second-order valence-corrected chi connectivity index (χ2v) is 31.4. The number of aryl methyl sites for hydroxylation is 1. The van der Waals surface area contributed by atoms with Gasteiger partial charge in [0.1, 0.15) is 5.58 Å². The van der Waals surface area contributed by atoms with E-state index in [4.69, 9.17) is 4.42 Å². The largest absolute Gasteiger partial charge is 0.468 e. The fourth-order valence-electron chi connectivity index (χ4n) is 13.1. The lowest BCUT2D eigenvalue weighted by atomic mass is 9.35. The first-order valence-electron chi connectivity index (χ1n) is 25.0. The fraction of sp³-hybridized carbons (Fsp3) is 0.467. The molecule has 0 saturated heterocycles. The standard InChI is InChI=1S/C60H73BN2OSi/c1-36-29-49-52-50(30-36)63(37-17-20-39(21-18-37)65(14,15)16)53-40-32-43-46(60(12,13)28-25-57(43,6)7)35-51(40)64-54(53)61(52)47-33-44-45(59(10,11)27-26-58(44,8)9)34-48(47)62(49)38-19-22-41-42(31-38)56(4,5)24-23-55(41,2)3/h17-22,29-35H,23-28H2,1-16H3. The lowest BCUT2D eigenvalue weighted by Crippen LogP contribution is -2.61. The van der Waals surface area contributed by atoms with E-state index in [9.17, 15) is 0 Å². The molecule has 0 saturated carbocycles. The normalized spacial score (nSPS) is 21.2. The molecule has 336 valence electrons. The van der Waals surface area contributed by atoms with Crippen molar-refractivity contribution < 1.29 is 4.42 Å². The molecule has 3 nitrogen and oxygen atoms in total. The van der Waals surface area contributed by atoms with E-state index in [1.54, 1.807) is 0 Å². The average molecular weight is 877 g/mol. The van der Waals surface area contributed by atoms with Crippen LogP contribution in [0.4, 0.5) is 34.1 Å². The molecule has 0 fully saturated rings. The van der Waals surface area contributed by atoms with E-state index >= 15 is 0 Å². The Morgan fingerprint density at radius 2 is 0.938 bits per heavy atom. The quantitative estimate of drug-likeness (QED) is 0.165. The van der Waals surface area contributed by atoms with Crippen LogP contribution >= 0.6 is 0 Å². The summed E-state index contributed by atoms with van der Waals surface area (Å²) in [6, 6.07) is 32.4. The topological polar surface area (TPSA) is 19.6 Å². The van der Waals surface area contributed by atoms with Crippen LogP contribution in [0.1, 0.15) is 161 Å². The Morgan fingerprint density at radius 1 is 0.477 bits per heavy atom. The van der Waals surface area contributed by atoms with Gasteiger partial charge in [0.15, 0.2) is 0 Å². The third-order valence-corrected chi connectivity index (χ3v) is 19.9. The number of anilines is 6. The van der Waals surface area contributed by atoms with Gasteiger partial charge in [-0.2, -0.15) is 0 Å². The first-order chi connectivity index (χ1) is 30.2. The van der Waals surface area contributed by atoms with Crippen LogP contribution < -0.4 is 31.6 Å². The van der Waals surface area contributed by atoms with E-state index < -0.39 is 8.07 Å². The summed E-state index contributed by atoms with van der Waals surface area (Å²) < 4.78 is 7.63. The Bertz CT molecular complexity index is 3010. The van der Waals surface area contributed by atoms with Crippen LogP contribution in [0.5, 0.6) is 0 Å². The van der Waals surface area contributed by atoms with Gasteiger partial charge in [-0.05, 0) is 182 Å². The Labute approximate surface area is 392 Å². The second-order valence-electron chi connectivity index (χ2n) is 26.3. The molecule has 0 amide bonds. The van der Waals surface area contributed by atoms with Crippen LogP contribution in [-0.2, 0) is 32.5 Å². The summed E-state index contributed by atoms with van der Waals surface area (Å²) in [5, 5.41) is 2.71. The molecule has 0 radical (unpaired) electrons. The van der Waals surface area contributed by atoms with Gasteiger partial charge in [-0.1, -0.05) is 132 Å². The van der Waals surface area contributed by atoms with Crippen LogP contribution in [0.3, 0.4) is 0 Å². The molecule has 2 aliphatic heterocycles. The molecule has 0 atom stereocenters. The van der Waals surface area contributed by atoms with Gasteiger partial charge < -0.3 is 14.2 Å².